The van der Waals surface area contributed by atoms with Crippen LogP contribution in [0.3, 0.4) is 0 Å². The van der Waals surface area contributed by atoms with E-state index in [1.54, 1.807) is 5.56 Å². The highest BCUT2D eigenvalue weighted by Crippen LogP contribution is 2.55. The summed E-state index contributed by atoms with van der Waals surface area (Å²) in [5.41, 5.74) is 5.32. The van der Waals surface area contributed by atoms with Gasteiger partial charge in [0.1, 0.15) is 0 Å². The van der Waals surface area contributed by atoms with Gasteiger partial charge in [-0.3, -0.25) is 9.80 Å². The minimum absolute atomic E-state index is 0.475. The van der Waals surface area contributed by atoms with Crippen LogP contribution in [0.5, 0.6) is 0 Å². The predicted octanol–water partition coefficient (Wildman–Crippen LogP) is 3.53. The molecule has 0 atom stereocenters. The van der Waals surface area contributed by atoms with Gasteiger partial charge in [-0.2, -0.15) is 0 Å². The van der Waals surface area contributed by atoms with Gasteiger partial charge in [-0.15, -0.1) is 0 Å². The van der Waals surface area contributed by atoms with Crippen LogP contribution in [-0.2, 0) is 7.05 Å². The van der Waals surface area contributed by atoms with Gasteiger partial charge in [0.2, 0.25) is 0 Å². The van der Waals surface area contributed by atoms with Crippen LogP contribution in [0.25, 0.3) is 10.9 Å². The molecule has 0 unspecified atom stereocenters. The number of hydrogen-bond acceptors (Lipinski definition) is 2. The van der Waals surface area contributed by atoms with Gasteiger partial charge in [0.05, 0.1) is 6.17 Å². The lowest BCUT2D eigenvalue weighted by atomic mass is 9.63. The van der Waals surface area contributed by atoms with Crippen molar-refractivity contribution in [3.05, 3.63) is 35.5 Å². The van der Waals surface area contributed by atoms with Crippen LogP contribution in [0, 0.1) is 17.8 Å². The number of aromatic nitrogens is 1. The summed E-state index contributed by atoms with van der Waals surface area (Å²) in [7, 11) is 2.21. The fourth-order valence-corrected chi connectivity index (χ4v) is 6.24. The highest BCUT2D eigenvalue weighted by Gasteiger charge is 2.56. The van der Waals surface area contributed by atoms with Gasteiger partial charge in [-0.05, 0) is 30.2 Å². The Morgan fingerprint density at radius 3 is 2.13 bits per heavy atom. The zero-order valence-electron chi connectivity index (χ0n) is 14.8. The fraction of sp³-hybridized carbons (Fsp3) is 0.600. The Bertz CT molecular complexity index is 767. The molecule has 1 aromatic heterocycles. The lowest BCUT2D eigenvalue weighted by Gasteiger charge is -2.66. The number of para-hydroxylation sites is 1. The monoisotopic (exact) mass is 309 g/mol. The van der Waals surface area contributed by atoms with Crippen molar-refractivity contribution in [2.45, 2.75) is 33.4 Å². The molecule has 0 radical (unpaired) electrons. The molecule has 4 bridgehead atoms. The lowest BCUT2D eigenvalue weighted by molar-refractivity contribution is -0.194. The molecular formula is C20H27N3. The standard InChI is InChI=1S/C20H27N3/c1-14-17(15-7-5-6-8-16(15)21(14)4)18-22-10-19(2)9-20(3,12-22)13-23(18)11-19/h5-8,18H,9-13H2,1-4H3. The fourth-order valence-electron chi connectivity index (χ4n) is 6.24. The number of hydrogen-bond donors (Lipinski definition) is 0. The smallest absolute Gasteiger partial charge is 0.0910 e. The maximum absolute atomic E-state index is 2.77. The third kappa shape index (κ3) is 1.78. The van der Waals surface area contributed by atoms with E-state index in [9.17, 15) is 0 Å². The molecule has 4 aliphatic heterocycles. The third-order valence-electron chi connectivity index (χ3n) is 6.59. The Hall–Kier alpha value is -1.32. The Balaban J connectivity index is 1.68. The van der Waals surface area contributed by atoms with E-state index in [0.717, 1.165) is 0 Å². The zero-order valence-corrected chi connectivity index (χ0v) is 14.8. The van der Waals surface area contributed by atoms with Crippen LogP contribution in [0.2, 0.25) is 0 Å². The van der Waals surface area contributed by atoms with E-state index in [1.165, 1.54) is 49.2 Å². The van der Waals surface area contributed by atoms with E-state index in [2.05, 4.69) is 66.5 Å². The number of rotatable bonds is 1. The van der Waals surface area contributed by atoms with Gasteiger partial charge < -0.3 is 4.57 Å². The van der Waals surface area contributed by atoms with E-state index in [-0.39, 0.29) is 0 Å². The first kappa shape index (κ1) is 14.1. The molecule has 1 aromatic carbocycles. The van der Waals surface area contributed by atoms with Gasteiger partial charge in [0.15, 0.2) is 0 Å². The predicted molar refractivity (Wildman–Crippen MR) is 94.4 cm³/mol. The molecule has 5 heterocycles. The highest BCUT2D eigenvalue weighted by molar-refractivity contribution is 5.86. The summed E-state index contributed by atoms with van der Waals surface area (Å²) in [6.45, 7) is 12.3. The van der Waals surface area contributed by atoms with Gasteiger partial charge in [0.25, 0.3) is 0 Å². The molecular weight excluding hydrogens is 282 g/mol. The second-order valence-electron chi connectivity index (χ2n) is 9.06. The molecule has 0 spiro atoms. The number of fused-ring (bicyclic) bond motifs is 1. The first-order valence-electron chi connectivity index (χ1n) is 8.91. The van der Waals surface area contributed by atoms with Crippen LogP contribution in [0.1, 0.15) is 37.7 Å². The summed E-state index contributed by atoms with van der Waals surface area (Å²) in [5, 5.41) is 1.44. The number of nitrogens with zero attached hydrogens (tertiary/aromatic N) is 3. The molecule has 0 saturated carbocycles. The second-order valence-corrected chi connectivity index (χ2v) is 9.06. The maximum Gasteiger partial charge on any atom is 0.0910 e. The molecule has 4 fully saturated rings. The average molecular weight is 309 g/mol. The number of piperidine rings is 2. The van der Waals surface area contributed by atoms with Crippen molar-refractivity contribution < 1.29 is 0 Å². The first-order chi connectivity index (χ1) is 10.9. The van der Waals surface area contributed by atoms with Crippen molar-refractivity contribution in [3.8, 4) is 0 Å². The Kier molecular flexibility index (Phi) is 2.57. The van der Waals surface area contributed by atoms with Crippen LogP contribution in [-0.4, -0.2) is 40.5 Å². The molecule has 3 heteroatoms. The number of benzene rings is 1. The average Bonchev–Trinajstić information content (AvgIpc) is 2.70. The zero-order chi connectivity index (χ0) is 16.0. The summed E-state index contributed by atoms with van der Waals surface area (Å²) in [6.07, 6.45) is 1.87. The molecule has 0 aliphatic carbocycles. The van der Waals surface area contributed by atoms with Crippen LogP contribution >= 0.6 is 0 Å². The molecule has 0 amide bonds. The second kappa shape index (κ2) is 4.20. The molecule has 4 saturated heterocycles. The van der Waals surface area contributed by atoms with Crippen molar-refractivity contribution in [1.82, 2.24) is 14.4 Å². The van der Waals surface area contributed by atoms with E-state index < -0.39 is 0 Å². The van der Waals surface area contributed by atoms with E-state index in [1.807, 2.05) is 0 Å². The lowest BCUT2D eigenvalue weighted by Crippen LogP contribution is -2.70. The molecule has 23 heavy (non-hydrogen) atoms. The largest absolute Gasteiger partial charge is 0.348 e. The molecule has 0 N–H and O–H groups in total. The maximum atomic E-state index is 2.77. The molecule has 3 nitrogen and oxygen atoms in total. The van der Waals surface area contributed by atoms with Crippen molar-refractivity contribution in [3.63, 3.8) is 0 Å². The normalized spacial score (nSPS) is 41.8. The van der Waals surface area contributed by atoms with E-state index in [4.69, 9.17) is 0 Å². The topological polar surface area (TPSA) is 11.4 Å². The van der Waals surface area contributed by atoms with Gasteiger partial charge >= 0.3 is 0 Å². The van der Waals surface area contributed by atoms with Crippen molar-refractivity contribution in [2.24, 2.45) is 17.9 Å². The summed E-state index contributed by atoms with van der Waals surface area (Å²) in [5.74, 6) is 0. The minimum atomic E-state index is 0.475. The minimum Gasteiger partial charge on any atom is -0.348 e. The molecule has 4 aliphatic rings. The van der Waals surface area contributed by atoms with Crippen LogP contribution < -0.4 is 0 Å². The highest BCUT2D eigenvalue weighted by atomic mass is 15.4. The van der Waals surface area contributed by atoms with Crippen LogP contribution in [0.4, 0.5) is 0 Å². The molecule has 122 valence electrons. The first-order valence-corrected chi connectivity index (χ1v) is 8.91. The third-order valence-corrected chi connectivity index (χ3v) is 6.59. The van der Waals surface area contributed by atoms with Crippen molar-refractivity contribution in [1.29, 1.82) is 0 Å². The van der Waals surface area contributed by atoms with Gasteiger partial charge in [0, 0.05) is 55.4 Å². The number of aryl methyl sites for hydroxylation is 1. The van der Waals surface area contributed by atoms with Crippen molar-refractivity contribution in [2.75, 3.05) is 26.2 Å². The quantitative estimate of drug-likeness (QED) is 0.798. The molecule has 2 aromatic rings. The Morgan fingerprint density at radius 2 is 1.52 bits per heavy atom. The van der Waals surface area contributed by atoms with Crippen molar-refractivity contribution >= 4 is 10.9 Å². The molecule has 6 rings (SSSR count). The van der Waals surface area contributed by atoms with Gasteiger partial charge in [-0.1, -0.05) is 32.0 Å². The van der Waals surface area contributed by atoms with E-state index in [0.29, 0.717) is 17.0 Å². The SMILES string of the molecule is Cc1c(C2N3CC4(C)CN2CC(C)(C3)C4)c2ccccc2n1C. The Labute approximate surface area is 138 Å². The summed E-state index contributed by atoms with van der Waals surface area (Å²) in [6, 6.07) is 8.92. The summed E-state index contributed by atoms with van der Waals surface area (Å²) < 4.78 is 2.38. The van der Waals surface area contributed by atoms with Crippen LogP contribution in [0.15, 0.2) is 24.3 Å². The Morgan fingerprint density at radius 1 is 0.957 bits per heavy atom. The summed E-state index contributed by atoms with van der Waals surface area (Å²) in [4.78, 5) is 5.54. The summed E-state index contributed by atoms with van der Waals surface area (Å²) >= 11 is 0. The van der Waals surface area contributed by atoms with Gasteiger partial charge in [-0.25, -0.2) is 0 Å². The van der Waals surface area contributed by atoms with E-state index >= 15 is 0 Å².